The van der Waals surface area contributed by atoms with Crippen LogP contribution in [0.2, 0.25) is 0 Å². The molecular weight excluding hydrogens is 208 g/mol. The summed E-state index contributed by atoms with van der Waals surface area (Å²) in [5.41, 5.74) is 14.1. The molecule has 0 saturated carbocycles. The van der Waals surface area contributed by atoms with Gasteiger partial charge >= 0.3 is 20.5 Å². The molecule has 0 spiro atoms. The standard InChI is InChI=1S/C5H.ClH.Cr.2NO/c1-2-4-5-3-1;;;2*1-2/h1H;1H;;;/q-1;;;2*+1/p-1. The van der Waals surface area contributed by atoms with Crippen molar-refractivity contribution in [1.82, 2.24) is 0 Å². The Morgan fingerprint density at radius 3 is 1.73 bits per heavy atom. The summed E-state index contributed by atoms with van der Waals surface area (Å²) in [7, 11) is 0. The summed E-state index contributed by atoms with van der Waals surface area (Å²) in [5.74, 6) is 5.18. The van der Waals surface area contributed by atoms with E-state index in [0.29, 0.717) is 0 Å². The molecule has 1 rings (SSSR count). The zero-order chi connectivity index (χ0) is 7.54. The van der Waals surface area contributed by atoms with Crippen molar-refractivity contribution < 1.29 is 39.3 Å². The van der Waals surface area contributed by atoms with Crippen LogP contribution >= 0.6 is 0 Å². The number of rotatable bonds is 0. The maximum Gasteiger partial charge on any atom is 0 e. The minimum absolute atomic E-state index is 0. The molecule has 0 aromatic heterocycles. The zero-order valence-corrected chi connectivity index (χ0v) is 7.11. The van der Waals surface area contributed by atoms with Gasteiger partial charge in [0.25, 0.3) is 0 Å². The second-order valence-corrected chi connectivity index (χ2v) is 0.683. The van der Waals surface area contributed by atoms with Crippen LogP contribution in [0.1, 0.15) is 0 Å². The molecule has 0 aromatic rings. The van der Waals surface area contributed by atoms with Crippen LogP contribution in [0.5, 0.6) is 0 Å². The largest absolute Gasteiger partial charge is 1.00 e. The Morgan fingerprint density at radius 1 is 1.18 bits per heavy atom. The van der Waals surface area contributed by atoms with Gasteiger partial charge in [-0.25, -0.2) is 5.92 Å². The van der Waals surface area contributed by atoms with Crippen molar-refractivity contribution in [3.05, 3.63) is 17.9 Å². The number of halogens is 1. The first kappa shape index (κ1) is 22.5. The van der Waals surface area contributed by atoms with E-state index in [2.05, 4.69) is 23.6 Å². The number of nitrogens with zero attached hydrogens (tertiary/aromatic N) is 2. The first-order valence-electron chi connectivity index (χ1n) is 1.69. The van der Waals surface area contributed by atoms with E-state index in [4.69, 9.17) is 20.5 Å². The fourth-order valence-corrected chi connectivity index (χ4v) is 0.180. The summed E-state index contributed by atoms with van der Waals surface area (Å²) in [5, 5.41) is 0. The molecule has 0 aromatic carbocycles. The average Bonchev–Trinajstić information content (AvgIpc) is 2.51. The Kier molecular flexibility index (Phi) is 71.2. The number of hydrogen-bond acceptors (Lipinski definition) is 2. The van der Waals surface area contributed by atoms with Gasteiger partial charge < -0.3 is 12.4 Å². The zero-order valence-electron chi connectivity index (χ0n) is 5.07. The van der Waals surface area contributed by atoms with Gasteiger partial charge in [0, 0.05) is 17.4 Å². The van der Waals surface area contributed by atoms with E-state index < -0.39 is 0 Å². The molecule has 56 valence electrons. The van der Waals surface area contributed by atoms with Gasteiger partial charge in [-0.3, -0.25) is 11.7 Å². The van der Waals surface area contributed by atoms with E-state index in [9.17, 15) is 0 Å². The SMILES string of the molecule is C1=[C-]C#CC=1.N#[O+].N#[O+].[Cl-].[Cr]. The van der Waals surface area contributed by atoms with Crippen LogP contribution < -0.4 is 12.4 Å². The summed E-state index contributed by atoms with van der Waals surface area (Å²) in [6.07, 6.45) is 4.19. The fraction of sp³-hybridized carbons (Fsp3) is 0. The van der Waals surface area contributed by atoms with E-state index in [-0.39, 0.29) is 29.8 Å². The van der Waals surface area contributed by atoms with Gasteiger partial charge in [-0.1, -0.05) is 6.08 Å². The molecule has 4 nitrogen and oxygen atoms in total. The third kappa shape index (κ3) is 26.9. The summed E-state index contributed by atoms with van der Waals surface area (Å²) in [4.78, 5) is 0. The predicted octanol–water partition coefficient (Wildman–Crippen LogP) is -2.69. The fourth-order valence-electron chi connectivity index (χ4n) is 0.180. The molecule has 0 N–H and O–H groups in total. The molecule has 0 unspecified atom stereocenters. The van der Waals surface area contributed by atoms with Crippen molar-refractivity contribution in [2.75, 3.05) is 0 Å². The summed E-state index contributed by atoms with van der Waals surface area (Å²) in [6.45, 7) is 0. The Bertz CT molecular complexity index is 201. The predicted molar refractivity (Wildman–Crippen MR) is 23.9 cm³/mol. The number of allylic oxidation sites excluding steroid dienone is 1. The molecule has 0 saturated heterocycles. The Morgan fingerprint density at radius 2 is 1.64 bits per heavy atom. The van der Waals surface area contributed by atoms with Crippen molar-refractivity contribution in [3.8, 4) is 11.8 Å². The van der Waals surface area contributed by atoms with Crippen molar-refractivity contribution in [3.63, 3.8) is 0 Å². The van der Waals surface area contributed by atoms with Gasteiger partial charge in [0.2, 0.25) is 0 Å². The van der Waals surface area contributed by atoms with E-state index in [0.717, 1.165) is 0 Å². The van der Waals surface area contributed by atoms with Crippen molar-refractivity contribution >= 4 is 0 Å². The molecule has 0 amide bonds. The number of hydrogen-bond donors (Lipinski definition) is 0. The van der Waals surface area contributed by atoms with E-state index in [1.54, 1.807) is 6.08 Å². The molecule has 0 atom stereocenters. The summed E-state index contributed by atoms with van der Waals surface area (Å²) < 4.78 is 14.5. The van der Waals surface area contributed by atoms with E-state index in [1.165, 1.54) is 0 Å². The molecule has 0 aliphatic heterocycles. The normalized spacial score (nSPS) is 5.45. The smallest absolute Gasteiger partial charge is 0 e. The quantitative estimate of drug-likeness (QED) is 0.188. The molecule has 0 fully saturated rings. The maximum absolute atomic E-state index is 7.25. The molecule has 1 aliphatic carbocycles. The Hall–Kier alpha value is -0.758. The summed E-state index contributed by atoms with van der Waals surface area (Å²) in [6, 6.07) is 0. The van der Waals surface area contributed by atoms with Crippen LogP contribution in [0.15, 0.2) is 11.8 Å². The van der Waals surface area contributed by atoms with Crippen LogP contribution in [0.25, 0.3) is 0 Å². The first-order chi connectivity index (χ1) is 4.50. The monoisotopic (exact) mass is 208 g/mol. The van der Waals surface area contributed by atoms with Crippen LogP contribution in [0.3, 0.4) is 0 Å². The van der Waals surface area contributed by atoms with Gasteiger partial charge in [0.05, 0.1) is 0 Å². The van der Waals surface area contributed by atoms with Crippen LogP contribution in [0, 0.1) is 28.8 Å². The molecule has 11 heavy (non-hydrogen) atoms. The molecular formula is C5HClCrN2O2. The van der Waals surface area contributed by atoms with Gasteiger partial charge in [0.15, 0.2) is 0 Å². The van der Waals surface area contributed by atoms with Crippen molar-refractivity contribution in [2.45, 2.75) is 0 Å². The Balaban J connectivity index is -0.0000000369. The second-order valence-electron chi connectivity index (χ2n) is 0.683. The third-order valence-electron chi connectivity index (χ3n) is 0.351. The second kappa shape index (κ2) is 34.9. The van der Waals surface area contributed by atoms with Crippen molar-refractivity contribution in [2.24, 2.45) is 0 Å². The van der Waals surface area contributed by atoms with Crippen LogP contribution in [0.4, 0.5) is 0 Å². The van der Waals surface area contributed by atoms with Crippen LogP contribution in [-0.4, -0.2) is 0 Å². The molecule has 0 heterocycles. The van der Waals surface area contributed by atoms with Gasteiger partial charge in [-0.05, 0) is 0 Å². The van der Waals surface area contributed by atoms with Gasteiger partial charge in [-0.15, -0.1) is 6.08 Å². The molecule has 6 heteroatoms. The summed E-state index contributed by atoms with van der Waals surface area (Å²) >= 11 is 0. The minimum atomic E-state index is 0. The van der Waals surface area contributed by atoms with Crippen molar-refractivity contribution in [1.29, 1.82) is 10.9 Å². The minimum Gasteiger partial charge on any atom is -1.00 e. The first-order valence-corrected chi connectivity index (χ1v) is 1.69. The van der Waals surface area contributed by atoms with Gasteiger partial charge in [-0.2, -0.15) is 0 Å². The topological polar surface area (TPSA) is 87.4 Å². The Labute approximate surface area is 80.3 Å². The third-order valence-corrected chi connectivity index (χ3v) is 0.351. The van der Waals surface area contributed by atoms with Gasteiger partial charge in [0.1, 0.15) is 0 Å². The van der Waals surface area contributed by atoms with E-state index in [1.807, 2.05) is 0 Å². The maximum atomic E-state index is 7.25. The molecule has 0 radical (unpaired) electrons. The van der Waals surface area contributed by atoms with E-state index >= 15 is 0 Å². The molecule has 0 bridgehead atoms. The average molecular weight is 209 g/mol. The van der Waals surface area contributed by atoms with Crippen LogP contribution in [-0.2, 0) is 26.9 Å². The molecule has 1 aliphatic rings.